The number of alkyl halides is 3. The zero-order valence-electron chi connectivity index (χ0n) is 24.3. The molecule has 1 aromatic rings. The molecule has 2 nitrogen and oxygen atoms in total. The van der Waals surface area contributed by atoms with E-state index in [0.717, 1.165) is 57.4 Å². The molecule has 0 heterocycles. The number of allylic oxidation sites excluding steroid dienone is 6. The number of rotatable bonds is 11. The van der Waals surface area contributed by atoms with Crippen molar-refractivity contribution in [2.45, 2.75) is 111 Å². The fourth-order valence-corrected chi connectivity index (χ4v) is 4.61. The number of nitriles is 1. The fourth-order valence-electron chi connectivity index (χ4n) is 4.61. The van der Waals surface area contributed by atoms with E-state index in [9.17, 15) is 18.3 Å². The molecule has 2 rings (SSSR count). The van der Waals surface area contributed by atoms with Crippen molar-refractivity contribution >= 4 is 6.08 Å². The zero-order valence-corrected chi connectivity index (χ0v) is 24.3. The van der Waals surface area contributed by atoms with Gasteiger partial charge in [-0.25, -0.2) is 0 Å². The molecule has 0 spiro atoms. The predicted octanol–water partition coefficient (Wildman–Crippen LogP) is 10.1. The van der Waals surface area contributed by atoms with Gasteiger partial charge in [-0.2, -0.15) is 18.4 Å². The van der Waals surface area contributed by atoms with Gasteiger partial charge in [0.25, 0.3) is 0 Å². The molecule has 0 radical (unpaired) electrons. The molecule has 5 heteroatoms. The molecule has 38 heavy (non-hydrogen) atoms. The molecule has 0 fully saturated rings. The van der Waals surface area contributed by atoms with E-state index in [2.05, 4.69) is 57.7 Å². The summed E-state index contributed by atoms with van der Waals surface area (Å²) in [6.45, 7) is 15.9. The molecule has 1 aliphatic carbocycles. The maximum absolute atomic E-state index is 12.3. The Labute approximate surface area is 229 Å². The van der Waals surface area contributed by atoms with Crippen LogP contribution < -0.4 is 0 Å². The van der Waals surface area contributed by atoms with Crippen LogP contribution in [-0.2, 0) is 12.8 Å². The Kier molecular flexibility index (Phi) is 17.4. The van der Waals surface area contributed by atoms with Crippen molar-refractivity contribution in [3.8, 4) is 6.07 Å². The van der Waals surface area contributed by atoms with Crippen molar-refractivity contribution in [3.05, 3.63) is 76.9 Å². The van der Waals surface area contributed by atoms with Crippen LogP contribution in [0.5, 0.6) is 0 Å². The van der Waals surface area contributed by atoms with Gasteiger partial charge in [-0.3, -0.25) is 0 Å². The van der Waals surface area contributed by atoms with Crippen LogP contribution in [0.15, 0.2) is 60.2 Å². The van der Waals surface area contributed by atoms with Gasteiger partial charge in [0.15, 0.2) is 0 Å². The highest BCUT2D eigenvalue weighted by Crippen LogP contribution is 2.35. The molecular formula is C33H48F3NO. The second kappa shape index (κ2) is 18.6. The highest BCUT2D eigenvalue weighted by atomic mass is 19.4. The van der Waals surface area contributed by atoms with E-state index in [1.165, 1.54) is 22.8 Å². The summed E-state index contributed by atoms with van der Waals surface area (Å²) in [6, 6.07) is 8.29. The summed E-state index contributed by atoms with van der Waals surface area (Å²) in [7, 11) is 0. The Hall–Kier alpha value is -2.58. The van der Waals surface area contributed by atoms with E-state index in [0.29, 0.717) is 6.42 Å². The van der Waals surface area contributed by atoms with Crippen molar-refractivity contribution < 1.29 is 18.3 Å². The number of aliphatic hydroxyl groups is 1. The maximum atomic E-state index is 12.3. The van der Waals surface area contributed by atoms with E-state index < -0.39 is 17.4 Å². The van der Waals surface area contributed by atoms with E-state index >= 15 is 0 Å². The Bertz CT molecular complexity index is 957. The van der Waals surface area contributed by atoms with Gasteiger partial charge in [-0.05, 0) is 74.5 Å². The average molecular weight is 532 g/mol. The summed E-state index contributed by atoms with van der Waals surface area (Å²) in [4.78, 5) is 0. The first-order valence-electron chi connectivity index (χ1n) is 14.0. The second-order valence-corrected chi connectivity index (χ2v) is 9.62. The molecule has 1 N–H and O–H groups in total. The monoisotopic (exact) mass is 531 g/mol. The molecule has 0 saturated heterocycles. The minimum atomic E-state index is -4.41. The van der Waals surface area contributed by atoms with Crippen molar-refractivity contribution in [2.24, 2.45) is 5.92 Å². The summed E-state index contributed by atoms with van der Waals surface area (Å²) in [6.07, 6.45) is 12.6. The number of benzene rings is 1. The minimum Gasteiger partial charge on any atom is -0.390 e. The number of nitrogens with zero attached hydrogens (tertiary/aromatic N) is 1. The molecule has 212 valence electrons. The lowest BCUT2D eigenvalue weighted by atomic mass is 9.86. The first-order valence-corrected chi connectivity index (χ1v) is 14.0. The van der Waals surface area contributed by atoms with Crippen molar-refractivity contribution in [3.63, 3.8) is 0 Å². The molecule has 0 bridgehead atoms. The fraction of sp³-hybridized carbons (Fsp3) is 0.545. The van der Waals surface area contributed by atoms with Gasteiger partial charge in [0.05, 0.1) is 22.8 Å². The standard InChI is InChI=1S/C22H34O.C9H8F3N.C2H6/c1-5-10-20-14-13-19(18-21(20)11-6-2)12-9-17-22(23,15-7-3)16-8-4;1-6-2-3-7(5-13)8(4-6)9(10,11)12;1-2/h5-6,11,13-14,18,23H,1,7-10,12,15-17H2,2-4H3;3-4,6H,2H2,1H3;1-2H3/b11-6-;;. The van der Waals surface area contributed by atoms with E-state index in [1.807, 2.05) is 19.9 Å². The van der Waals surface area contributed by atoms with Crippen LogP contribution in [0.1, 0.15) is 103 Å². The van der Waals surface area contributed by atoms with Gasteiger partial charge >= 0.3 is 6.18 Å². The largest absolute Gasteiger partial charge is 0.417 e. The number of hydrogen-bond donors (Lipinski definition) is 1. The SMILES string of the molecule is C=CCc1ccc(CCCC(O)(CCC)CCC)cc1/C=C\C.CC.CC1C=C(C(F)(F)F)C(C#N)=CC1. The zero-order chi connectivity index (χ0) is 29.2. The summed E-state index contributed by atoms with van der Waals surface area (Å²) in [5.74, 6) is -0.145. The van der Waals surface area contributed by atoms with Crippen LogP contribution in [-0.4, -0.2) is 16.9 Å². The van der Waals surface area contributed by atoms with Crippen molar-refractivity contribution in [1.82, 2.24) is 0 Å². The lowest BCUT2D eigenvalue weighted by Crippen LogP contribution is -2.28. The Morgan fingerprint density at radius 3 is 2.26 bits per heavy atom. The second-order valence-electron chi connectivity index (χ2n) is 9.62. The molecule has 1 atom stereocenters. The third-order valence-electron chi connectivity index (χ3n) is 6.32. The topological polar surface area (TPSA) is 44.0 Å². The normalized spacial score (nSPS) is 15.3. The third kappa shape index (κ3) is 12.8. The van der Waals surface area contributed by atoms with Crippen molar-refractivity contribution in [1.29, 1.82) is 5.26 Å². The molecule has 0 saturated carbocycles. The van der Waals surface area contributed by atoms with E-state index in [-0.39, 0.29) is 11.5 Å². The lowest BCUT2D eigenvalue weighted by molar-refractivity contribution is -0.0896. The quantitative estimate of drug-likeness (QED) is 0.289. The summed E-state index contributed by atoms with van der Waals surface area (Å²) >= 11 is 0. The van der Waals surface area contributed by atoms with Gasteiger partial charge in [0.2, 0.25) is 0 Å². The van der Waals surface area contributed by atoms with Gasteiger partial charge in [-0.15, -0.1) is 6.58 Å². The summed E-state index contributed by atoms with van der Waals surface area (Å²) in [5.41, 5.74) is 2.47. The average Bonchev–Trinajstić information content (AvgIpc) is 2.87. The smallest absolute Gasteiger partial charge is 0.390 e. The van der Waals surface area contributed by atoms with Crippen LogP contribution in [0, 0.1) is 17.2 Å². The first kappa shape index (κ1) is 35.4. The summed E-state index contributed by atoms with van der Waals surface area (Å²) in [5, 5.41) is 19.2. The van der Waals surface area contributed by atoms with Gasteiger partial charge in [-0.1, -0.05) is 96.0 Å². The molecule has 1 aliphatic rings. The molecular weight excluding hydrogens is 483 g/mol. The molecule has 0 amide bonds. The van der Waals surface area contributed by atoms with Crippen LogP contribution in [0.4, 0.5) is 13.2 Å². The van der Waals surface area contributed by atoms with Crippen LogP contribution in [0.3, 0.4) is 0 Å². The highest BCUT2D eigenvalue weighted by Gasteiger charge is 2.37. The molecule has 1 aromatic carbocycles. The Morgan fingerprint density at radius 1 is 1.13 bits per heavy atom. The molecule has 0 aromatic heterocycles. The van der Waals surface area contributed by atoms with Crippen LogP contribution in [0.25, 0.3) is 6.08 Å². The van der Waals surface area contributed by atoms with Gasteiger partial charge < -0.3 is 5.11 Å². The van der Waals surface area contributed by atoms with E-state index in [1.54, 1.807) is 13.0 Å². The minimum absolute atomic E-state index is 0.145. The molecule has 1 unspecified atom stereocenters. The Morgan fingerprint density at radius 2 is 1.76 bits per heavy atom. The van der Waals surface area contributed by atoms with Gasteiger partial charge in [0.1, 0.15) is 0 Å². The highest BCUT2D eigenvalue weighted by molar-refractivity contribution is 5.55. The molecule has 0 aliphatic heterocycles. The Balaban J connectivity index is 0.000000770. The maximum Gasteiger partial charge on any atom is 0.417 e. The number of hydrogen-bond acceptors (Lipinski definition) is 2. The van der Waals surface area contributed by atoms with Crippen LogP contribution >= 0.6 is 0 Å². The predicted molar refractivity (Wildman–Crippen MR) is 156 cm³/mol. The first-order chi connectivity index (χ1) is 18.0. The van der Waals surface area contributed by atoms with E-state index in [4.69, 9.17) is 5.26 Å². The number of halogens is 3. The third-order valence-corrected chi connectivity index (χ3v) is 6.32. The van der Waals surface area contributed by atoms with Gasteiger partial charge in [0, 0.05) is 0 Å². The van der Waals surface area contributed by atoms with Crippen LogP contribution in [0.2, 0.25) is 0 Å². The van der Waals surface area contributed by atoms with Crippen molar-refractivity contribution in [2.75, 3.05) is 0 Å². The number of aryl methyl sites for hydroxylation is 1. The summed E-state index contributed by atoms with van der Waals surface area (Å²) < 4.78 is 36.9. The lowest BCUT2D eigenvalue weighted by Gasteiger charge is -2.27.